The molecule has 6 nitrogen and oxygen atoms in total. The van der Waals surface area contributed by atoms with Crippen molar-refractivity contribution in [3.63, 3.8) is 0 Å². The highest BCUT2D eigenvalue weighted by Crippen LogP contribution is 2.27. The van der Waals surface area contributed by atoms with E-state index in [0.717, 1.165) is 12.4 Å². The molecule has 8 heteroatoms. The lowest BCUT2D eigenvalue weighted by atomic mass is 10.1. The summed E-state index contributed by atoms with van der Waals surface area (Å²) in [5.41, 5.74) is 0.716. The van der Waals surface area contributed by atoms with Gasteiger partial charge in [0.05, 0.1) is 9.85 Å². The SMILES string of the molecule is O=[N+]([O-])C=Cc1cc(Cl)c(C=C[N+](=O)[O-])cc1Cl. The second-order valence-electron chi connectivity index (χ2n) is 3.10. The van der Waals surface area contributed by atoms with Crippen LogP contribution in [0.25, 0.3) is 12.2 Å². The predicted molar refractivity (Wildman–Crippen MR) is 68.5 cm³/mol. The van der Waals surface area contributed by atoms with Gasteiger partial charge in [-0.3, -0.25) is 20.2 Å². The fourth-order valence-electron chi connectivity index (χ4n) is 1.12. The Morgan fingerprint density at radius 3 is 1.50 bits per heavy atom. The maximum absolute atomic E-state index is 10.2. The molecule has 0 N–H and O–H groups in total. The smallest absolute Gasteiger partial charge is 0.235 e. The largest absolute Gasteiger partial charge is 0.259 e. The molecule has 0 aromatic heterocycles. The van der Waals surface area contributed by atoms with Crippen LogP contribution in [0.1, 0.15) is 11.1 Å². The molecule has 94 valence electrons. The fourth-order valence-corrected chi connectivity index (χ4v) is 1.59. The molecule has 18 heavy (non-hydrogen) atoms. The van der Waals surface area contributed by atoms with Crippen LogP contribution in [0.4, 0.5) is 0 Å². The number of rotatable bonds is 4. The molecule has 0 radical (unpaired) electrons. The zero-order chi connectivity index (χ0) is 13.7. The molecular weight excluding hydrogens is 283 g/mol. The third-order valence-electron chi connectivity index (χ3n) is 1.87. The van der Waals surface area contributed by atoms with Gasteiger partial charge in [-0.15, -0.1) is 0 Å². The van der Waals surface area contributed by atoms with Gasteiger partial charge in [-0.1, -0.05) is 23.2 Å². The van der Waals surface area contributed by atoms with Gasteiger partial charge in [0.25, 0.3) is 0 Å². The highest BCUT2D eigenvalue weighted by atomic mass is 35.5. The number of nitro groups is 2. The van der Waals surface area contributed by atoms with Crippen LogP contribution in [0.5, 0.6) is 0 Å². The summed E-state index contributed by atoms with van der Waals surface area (Å²) >= 11 is 11.7. The van der Waals surface area contributed by atoms with Crippen molar-refractivity contribution >= 4 is 35.4 Å². The Hall–Kier alpha value is -1.92. The molecule has 0 amide bonds. The monoisotopic (exact) mass is 288 g/mol. The second kappa shape index (κ2) is 6.13. The first kappa shape index (κ1) is 14.1. The molecule has 1 rings (SSSR count). The van der Waals surface area contributed by atoms with Crippen molar-refractivity contribution in [1.29, 1.82) is 0 Å². The summed E-state index contributed by atoms with van der Waals surface area (Å²) < 4.78 is 0. The van der Waals surface area contributed by atoms with Gasteiger partial charge < -0.3 is 0 Å². The maximum atomic E-state index is 10.2. The van der Waals surface area contributed by atoms with Crippen molar-refractivity contribution in [2.45, 2.75) is 0 Å². The molecule has 0 aliphatic rings. The number of nitrogens with zero attached hydrogens (tertiary/aromatic N) is 2. The molecule has 0 aliphatic heterocycles. The molecule has 0 aliphatic carbocycles. The summed E-state index contributed by atoms with van der Waals surface area (Å²) in [6.45, 7) is 0. The van der Waals surface area contributed by atoms with Gasteiger partial charge in [-0.2, -0.15) is 0 Å². The van der Waals surface area contributed by atoms with E-state index in [9.17, 15) is 20.2 Å². The highest BCUT2D eigenvalue weighted by Gasteiger charge is 2.05. The topological polar surface area (TPSA) is 86.3 Å². The van der Waals surface area contributed by atoms with E-state index in [2.05, 4.69) is 0 Å². The van der Waals surface area contributed by atoms with Crippen molar-refractivity contribution < 1.29 is 9.85 Å². The van der Waals surface area contributed by atoms with Crippen molar-refractivity contribution in [3.8, 4) is 0 Å². The summed E-state index contributed by atoms with van der Waals surface area (Å²) in [6.07, 6.45) is 3.83. The van der Waals surface area contributed by atoms with E-state index in [4.69, 9.17) is 23.2 Å². The first-order chi connectivity index (χ1) is 8.40. The normalized spacial score (nSPS) is 11.2. The van der Waals surface area contributed by atoms with Crippen molar-refractivity contribution in [2.24, 2.45) is 0 Å². The Bertz CT molecular complexity index is 505. The standard InChI is InChI=1S/C10H6Cl2N2O4/c11-9-6-8(2-4-14(17)18)10(12)5-7(9)1-3-13(15)16/h1-6H. The Labute approximate surface area is 111 Å². The lowest BCUT2D eigenvalue weighted by Crippen LogP contribution is -1.86. The fraction of sp³-hybridized carbons (Fsp3) is 0. The lowest BCUT2D eigenvalue weighted by Gasteiger charge is -2.02. The van der Waals surface area contributed by atoms with Crippen LogP contribution in [0.2, 0.25) is 10.0 Å². The maximum Gasteiger partial charge on any atom is 0.235 e. The van der Waals surface area contributed by atoms with Gasteiger partial charge in [0.15, 0.2) is 0 Å². The quantitative estimate of drug-likeness (QED) is 0.627. The molecule has 0 fully saturated rings. The molecule has 0 saturated carbocycles. The van der Waals surface area contributed by atoms with Gasteiger partial charge >= 0.3 is 0 Å². The lowest BCUT2D eigenvalue weighted by molar-refractivity contribution is -0.401. The average Bonchev–Trinajstić information content (AvgIpc) is 2.27. The van der Waals surface area contributed by atoms with E-state index in [1.54, 1.807) is 0 Å². The Morgan fingerprint density at radius 1 is 0.889 bits per heavy atom. The number of halogens is 2. The van der Waals surface area contributed by atoms with Crippen LogP contribution in [-0.4, -0.2) is 9.85 Å². The summed E-state index contributed by atoms with van der Waals surface area (Å²) in [6, 6.07) is 2.78. The van der Waals surface area contributed by atoms with Crippen LogP contribution in [0.15, 0.2) is 24.5 Å². The molecule has 0 spiro atoms. The van der Waals surface area contributed by atoms with E-state index in [1.165, 1.54) is 24.3 Å². The number of benzene rings is 1. The minimum Gasteiger partial charge on any atom is -0.259 e. The van der Waals surface area contributed by atoms with Gasteiger partial charge in [-0.25, -0.2) is 0 Å². The molecule has 0 saturated heterocycles. The first-order valence-corrected chi connectivity index (χ1v) is 5.28. The summed E-state index contributed by atoms with van der Waals surface area (Å²) in [5.74, 6) is 0. The Balaban J connectivity index is 3.11. The molecule has 0 atom stereocenters. The first-order valence-electron chi connectivity index (χ1n) is 4.52. The molecule has 0 unspecified atom stereocenters. The zero-order valence-corrected chi connectivity index (χ0v) is 10.3. The number of hydrogen-bond donors (Lipinski definition) is 0. The van der Waals surface area contributed by atoms with E-state index >= 15 is 0 Å². The molecule has 0 heterocycles. The Kier molecular flexibility index (Phi) is 4.82. The summed E-state index contributed by atoms with van der Waals surface area (Å²) in [7, 11) is 0. The molecular formula is C10H6Cl2N2O4. The van der Waals surface area contributed by atoms with Crippen LogP contribution >= 0.6 is 23.2 Å². The van der Waals surface area contributed by atoms with Crippen LogP contribution < -0.4 is 0 Å². The number of hydrogen-bond acceptors (Lipinski definition) is 4. The van der Waals surface area contributed by atoms with Gasteiger partial charge in [0.1, 0.15) is 0 Å². The minimum atomic E-state index is -0.634. The van der Waals surface area contributed by atoms with Crippen LogP contribution in [-0.2, 0) is 0 Å². The molecule has 1 aromatic rings. The van der Waals surface area contributed by atoms with Crippen LogP contribution in [0, 0.1) is 20.2 Å². The van der Waals surface area contributed by atoms with Gasteiger partial charge in [-0.05, 0) is 12.1 Å². The van der Waals surface area contributed by atoms with Crippen molar-refractivity contribution in [3.05, 3.63) is 65.9 Å². The molecule has 0 bridgehead atoms. The third-order valence-corrected chi connectivity index (χ3v) is 2.52. The van der Waals surface area contributed by atoms with E-state index in [-0.39, 0.29) is 10.0 Å². The van der Waals surface area contributed by atoms with Crippen molar-refractivity contribution in [1.82, 2.24) is 0 Å². The van der Waals surface area contributed by atoms with E-state index in [1.807, 2.05) is 0 Å². The van der Waals surface area contributed by atoms with Gasteiger partial charge in [0, 0.05) is 33.3 Å². The second-order valence-corrected chi connectivity index (χ2v) is 3.91. The third kappa shape index (κ3) is 4.15. The molecule has 1 aromatic carbocycles. The summed E-state index contributed by atoms with van der Waals surface area (Å²) in [5, 5.41) is 20.8. The van der Waals surface area contributed by atoms with E-state index < -0.39 is 9.85 Å². The van der Waals surface area contributed by atoms with E-state index in [0.29, 0.717) is 11.1 Å². The van der Waals surface area contributed by atoms with Crippen molar-refractivity contribution in [2.75, 3.05) is 0 Å². The minimum absolute atomic E-state index is 0.209. The summed E-state index contributed by atoms with van der Waals surface area (Å²) in [4.78, 5) is 19.1. The van der Waals surface area contributed by atoms with Crippen LogP contribution in [0.3, 0.4) is 0 Å². The zero-order valence-electron chi connectivity index (χ0n) is 8.75. The van der Waals surface area contributed by atoms with Gasteiger partial charge in [0.2, 0.25) is 12.4 Å². The predicted octanol–water partition coefficient (Wildman–Crippen LogP) is 3.49. The Morgan fingerprint density at radius 2 is 1.22 bits per heavy atom. The highest BCUT2D eigenvalue weighted by molar-refractivity contribution is 6.35. The average molecular weight is 289 g/mol.